The van der Waals surface area contributed by atoms with Crippen molar-refractivity contribution in [1.82, 2.24) is 93.0 Å². The number of phenols is 1. The van der Waals surface area contributed by atoms with E-state index in [4.69, 9.17) is 28.3 Å². The van der Waals surface area contributed by atoms with Crippen LogP contribution >= 0.6 is 0 Å². The molecule has 2 fully saturated rings. The summed E-state index contributed by atoms with van der Waals surface area (Å²) >= 11 is 0. The van der Waals surface area contributed by atoms with Crippen molar-refractivity contribution in [2.75, 3.05) is 60.5 Å². The number of nitrogens with one attached hydrogen (secondary N) is 14. The summed E-state index contributed by atoms with van der Waals surface area (Å²) in [7, 11) is 3.87. The first-order valence-corrected chi connectivity index (χ1v) is 44.4. The number of H-pyrrole nitrogens is 2. The van der Waals surface area contributed by atoms with Crippen molar-refractivity contribution in [3.8, 4) is 5.75 Å². The van der Waals surface area contributed by atoms with E-state index in [1.54, 1.807) is 74.8 Å². The number of aliphatic hydroxyl groups is 2. The van der Waals surface area contributed by atoms with Crippen LogP contribution in [0.15, 0.2) is 97.3 Å². The maximum absolute atomic E-state index is 15.7. The van der Waals surface area contributed by atoms with E-state index in [9.17, 15) is 63.3 Å². The van der Waals surface area contributed by atoms with E-state index in [1.165, 1.54) is 52.3 Å². The van der Waals surface area contributed by atoms with Crippen LogP contribution in [-0.4, -0.2) is 307 Å². The third kappa shape index (κ3) is 28.7. The highest BCUT2D eigenvalue weighted by atomic mass is 16.3. The fourth-order valence-electron chi connectivity index (χ4n) is 16.3. The molecule has 5 aromatic rings. The Morgan fingerprint density at radius 2 is 1.06 bits per heavy atom. The predicted octanol–water partition coefficient (Wildman–Crippen LogP) is -3.72. The molecule has 5 heterocycles. The van der Waals surface area contributed by atoms with Gasteiger partial charge in [0.2, 0.25) is 100 Å². The zero-order valence-electron chi connectivity index (χ0n) is 75.6. The van der Waals surface area contributed by atoms with Gasteiger partial charge in [-0.2, -0.15) is 0 Å². The van der Waals surface area contributed by atoms with E-state index in [0.29, 0.717) is 64.2 Å². The highest BCUT2D eigenvalue weighted by Gasteiger charge is 2.47. The van der Waals surface area contributed by atoms with Crippen LogP contribution in [0.25, 0.3) is 21.8 Å². The van der Waals surface area contributed by atoms with E-state index in [1.807, 2.05) is 13.8 Å². The van der Waals surface area contributed by atoms with Crippen molar-refractivity contribution in [2.24, 2.45) is 28.9 Å². The average Bonchev–Trinajstić information content (AvgIpc) is 1.60. The zero-order chi connectivity index (χ0) is 96.9. The molecule has 43 nitrogen and oxygen atoms in total. The molecule has 3 aliphatic heterocycles. The van der Waals surface area contributed by atoms with Gasteiger partial charge in [0.05, 0.1) is 25.7 Å². The lowest BCUT2D eigenvalue weighted by molar-refractivity contribution is -0.149. The highest BCUT2D eigenvalue weighted by Crippen LogP contribution is 2.28. The second-order valence-electron chi connectivity index (χ2n) is 34.0. The summed E-state index contributed by atoms with van der Waals surface area (Å²) in [6.07, 6.45) is 2.68. The highest BCUT2D eigenvalue weighted by molar-refractivity contribution is 6.03. The lowest BCUT2D eigenvalue weighted by Crippen LogP contribution is -2.62. The van der Waals surface area contributed by atoms with Crippen molar-refractivity contribution in [2.45, 2.75) is 234 Å². The van der Waals surface area contributed by atoms with Crippen LogP contribution in [0.4, 0.5) is 0 Å². The molecular weight excluding hydrogens is 1710 g/mol. The maximum atomic E-state index is 15.7. The Hall–Kier alpha value is -13.6. The van der Waals surface area contributed by atoms with Crippen molar-refractivity contribution >= 4 is 128 Å². The van der Waals surface area contributed by atoms with Crippen molar-refractivity contribution in [3.63, 3.8) is 0 Å². The summed E-state index contributed by atoms with van der Waals surface area (Å²) in [6, 6.07) is -2.51. The summed E-state index contributed by atoms with van der Waals surface area (Å²) in [6.45, 7) is 5.33. The van der Waals surface area contributed by atoms with Crippen molar-refractivity contribution in [3.05, 3.63) is 114 Å². The molecule has 0 radical (unpaired) electrons. The number of carbonyl (C=O) groups excluding carboxylic acids is 17. The number of aliphatic hydroxyl groups excluding tert-OH is 2. The molecule has 0 saturated carbocycles. The molecule has 0 bridgehead atoms. The zero-order valence-corrected chi connectivity index (χ0v) is 75.6. The van der Waals surface area contributed by atoms with E-state index < -0.39 is 243 Å². The molecule has 0 spiro atoms. The Morgan fingerprint density at radius 1 is 0.538 bits per heavy atom. The third-order valence-corrected chi connectivity index (χ3v) is 23.7. The van der Waals surface area contributed by atoms with Crippen molar-refractivity contribution < 1.29 is 96.8 Å². The van der Waals surface area contributed by atoms with Crippen LogP contribution in [0.5, 0.6) is 5.75 Å². The van der Waals surface area contributed by atoms with Crippen molar-refractivity contribution in [1.29, 1.82) is 5.41 Å². The number of primary amides is 2. The van der Waals surface area contributed by atoms with E-state index in [0.717, 1.165) is 36.7 Å². The number of nitrogens with two attached hydrogens (primary N) is 4. The van der Waals surface area contributed by atoms with Crippen LogP contribution in [0.3, 0.4) is 0 Å². The number of aromatic hydroxyl groups is 1. The molecule has 718 valence electrons. The first-order valence-electron chi connectivity index (χ1n) is 44.4. The summed E-state index contributed by atoms with van der Waals surface area (Å²) in [5, 5.41) is 70.4. The van der Waals surface area contributed by atoms with Crippen LogP contribution in [0, 0.1) is 11.3 Å². The summed E-state index contributed by atoms with van der Waals surface area (Å²) < 4.78 is 0. The van der Waals surface area contributed by atoms with E-state index >= 15 is 33.6 Å². The van der Waals surface area contributed by atoms with Gasteiger partial charge in [0, 0.05) is 107 Å². The number of aromatic amines is 2. The monoisotopic (exact) mass is 1840 g/mol. The topological polar surface area (TPSA) is 659 Å². The number of fused-ring (bicyclic) bond motifs is 4. The average molecular weight is 1840 g/mol. The van der Waals surface area contributed by atoms with Gasteiger partial charge >= 0.3 is 0 Å². The van der Waals surface area contributed by atoms with Gasteiger partial charge in [-0.25, -0.2) is 0 Å². The number of amides is 17. The Morgan fingerprint density at radius 3 is 1.66 bits per heavy atom. The number of likely N-dealkylation sites (N-methyl/N-ethyl adjacent to an activating group) is 3. The molecule has 1 unspecified atom stereocenters. The van der Waals surface area contributed by atoms with Crippen LogP contribution in [0.1, 0.15) is 141 Å². The molecule has 2 saturated heterocycles. The standard InChI is InChI=1S/C89H127N23O20/c1-9-11-26-68-81(125)101-60(25-18-34-95-89(93)94)77(121)100-59(76(120)98-45-73(92)117)24-17-29-74(118)99-63(37-50-30-32-53(114)33-31-50)84(128)108(6)49(5)75(119)103-65(41-72(91)116)86(130)111-35-19-28-69(111)82(126)106-66(42-90)79(123)104-62(36-48(3)4)87(131)112-46-54(115)40-71(112)83(127)102-61(38-51-43-96-57-22-15-13-20-55(51)57)78(122)107-67(47-113)80(124)105-64(39-52-44-97-58-23-16-14-21-56(52)58)85(129)110(8)70(27-12-10-2)88(132)109(68)7/h13-17,20-23,29-33,43-44,48-49,54,59-71,96-97,113-115H,9-12,18-19,24-28,34-42,45-47,90H2,1-8H3,(H2,91,116)(H2,92,117)(H,98,120)(H,99,118)(H,100,121)(H,101,125)(H,102,127)(H,103,119)(H,104,123)(H,105,124)(H,106,126)(H,107,122)(H4,93,94,95)/t49-,54+,59-,60-,61-,62-,63-,64-,65-,66-,67-,68-,69?,70-,71-/m0/s1. The van der Waals surface area contributed by atoms with E-state index in [-0.39, 0.29) is 89.0 Å². The van der Waals surface area contributed by atoms with Gasteiger partial charge < -0.3 is 131 Å². The molecule has 2 aromatic heterocycles. The lowest BCUT2D eigenvalue weighted by Gasteiger charge is -2.36. The first kappa shape index (κ1) is 104. The van der Waals surface area contributed by atoms with E-state index in [2.05, 4.69) is 68.5 Å². The molecule has 3 aromatic carbocycles. The normalized spacial score (nSPS) is 24.9. The number of para-hydroxylation sites is 2. The molecular formula is C89H127N23O20. The lowest BCUT2D eigenvalue weighted by atomic mass is 10.00. The number of rotatable bonds is 25. The van der Waals surface area contributed by atoms with Gasteiger partial charge in [-0.3, -0.25) is 86.9 Å². The van der Waals surface area contributed by atoms with Crippen LogP contribution in [-0.2, 0) is 101 Å². The number of nitrogens with zero attached hydrogens (tertiary/aromatic N) is 5. The molecule has 3 aliphatic rings. The molecule has 0 aliphatic carbocycles. The largest absolute Gasteiger partial charge is 0.508 e. The second-order valence-corrected chi connectivity index (χ2v) is 34.0. The van der Waals surface area contributed by atoms with Gasteiger partial charge in [0.15, 0.2) is 5.96 Å². The Kier molecular flexibility index (Phi) is 38.9. The van der Waals surface area contributed by atoms with Crippen LogP contribution in [0.2, 0.25) is 0 Å². The Labute approximate surface area is 763 Å². The fourth-order valence-corrected chi connectivity index (χ4v) is 16.3. The minimum Gasteiger partial charge on any atom is -0.508 e. The SMILES string of the molecule is CCCC[C@H]1C(=O)N(C)[C@@H](CCCC)C(=O)N[C@@H](CCCNC(=N)N)C(=O)N[C@H](C(=O)NCC(N)=O)CC=CC(=O)N[C@@H](Cc2ccc(O)cc2)C(=O)N(C)[C@@H](C)C(=O)N[C@@H](CC(N)=O)C(=O)N2CCCC2C(=O)N[C@@H](CN)C(=O)N[C@@H](CC(C)C)C(=O)N2C[C@H](O)C[C@H]2C(=O)N[C@@H](Cc2c[nH]c3ccccc23)C(=O)N[C@@H](CO)C(=O)N[C@@H](Cc2c[nH]c3ccccc23)C(=O)N1C. The predicted molar refractivity (Wildman–Crippen MR) is 483 cm³/mol. The number of aromatic nitrogens is 2. The number of guanidine groups is 1. The molecule has 43 heteroatoms. The van der Waals surface area contributed by atoms with Gasteiger partial charge in [-0.05, 0) is 111 Å². The summed E-state index contributed by atoms with van der Waals surface area (Å²) in [5.41, 5.74) is 25.5. The van der Waals surface area contributed by atoms with Gasteiger partial charge in [0.25, 0.3) is 0 Å². The number of hydrogen-bond acceptors (Lipinski definition) is 22. The molecule has 15 atom stereocenters. The number of phenolic OH excluding ortho intramolecular Hbond substituents is 1. The Bertz CT molecular complexity index is 5000. The molecule has 25 N–H and O–H groups in total. The number of carbonyl (C=O) groups is 17. The minimum atomic E-state index is -1.89. The number of benzene rings is 3. The first-order chi connectivity index (χ1) is 62.8. The summed E-state index contributed by atoms with van der Waals surface area (Å²) in [4.78, 5) is 260. The van der Waals surface area contributed by atoms with Crippen LogP contribution < -0.4 is 81.4 Å². The van der Waals surface area contributed by atoms with Gasteiger partial charge in [-0.15, -0.1) is 0 Å². The fraction of sp³-hybridized carbons (Fsp3) is 0.528. The number of hydrogen-bond donors (Lipinski definition) is 21. The second kappa shape index (κ2) is 49.4. The third-order valence-electron chi connectivity index (χ3n) is 23.7. The number of unbranched alkanes of at least 4 members (excludes halogenated alkanes) is 2. The Balaban J connectivity index is 1.20. The molecule has 132 heavy (non-hydrogen) atoms. The molecule has 17 amide bonds. The van der Waals surface area contributed by atoms with Gasteiger partial charge in [-0.1, -0.05) is 108 Å². The minimum absolute atomic E-state index is 0.0152. The maximum Gasteiger partial charge on any atom is 0.246 e. The van der Waals surface area contributed by atoms with Gasteiger partial charge in [0.1, 0.15) is 90.3 Å². The quantitative estimate of drug-likeness (QED) is 0.0152. The molecule has 8 rings (SSSR count). The smallest absolute Gasteiger partial charge is 0.246 e. The summed E-state index contributed by atoms with van der Waals surface area (Å²) in [5.74, 6) is -17.5.